The normalized spacial score (nSPS) is 11.8. The lowest BCUT2D eigenvalue weighted by Crippen LogP contribution is -2.49. The average molecular weight is 487 g/mol. The molecule has 0 heterocycles. The Morgan fingerprint density at radius 1 is 1.03 bits per heavy atom. The van der Waals surface area contributed by atoms with Crippen LogP contribution in [-0.4, -0.2) is 35.9 Å². The van der Waals surface area contributed by atoms with Crippen LogP contribution in [0.3, 0.4) is 0 Å². The van der Waals surface area contributed by atoms with Gasteiger partial charge < -0.3 is 15.0 Å². The van der Waals surface area contributed by atoms with Gasteiger partial charge in [-0.15, -0.1) is 0 Å². The van der Waals surface area contributed by atoms with E-state index in [1.165, 1.54) is 4.90 Å². The van der Waals surface area contributed by atoms with Crippen LogP contribution in [0.4, 0.5) is 0 Å². The first-order valence-corrected chi connectivity index (χ1v) is 11.8. The van der Waals surface area contributed by atoms with E-state index in [0.717, 1.165) is 29.2 Å². The first-order chi connectivity index (χ1) is 15.9. The summed E-state index contributed by atoms with van der Waals surface area (Å²) in [7, 11) is 0. The maximum absolute atomic E-state index is 13.2. The van der Waals surface area contributed by atoms with Crippen molar-refractivity contribution >= 4 is 45.8 Å². The van der Waals surface area contributed by atoms with Gasteiger partial charge in [0.1, 0.15) is 11.8 Å². The summed E-state index contributed by atoms with van der Waals surface area (Å²) < 4.78 is 5.90. The number of nitrogens with zero attached hydrogens (tertiary/aromatic N) is 1. The van der Waals surface area contributed by atoms with Gasteiger partial charge in [-0.2, -0.15) is 0 Å². The van der Waals surface area contributed by atoms with Crippen molar-refractivity contribution in [1.29, 1.82) is 0 Å². The van der Waals surface area contributed by atoms with E-state index in [-0.39, 0.29) is 25.0 Å². The Morgan fingerprint density at radius 3 is 2.55 bits per heavy atom. The molecule has 0 saturated heterocycles. The molecule has 3 aromatic carbocycles. The zero-order chi connectivity index (χ0) is 23.8. The lowest BCUT2D eigenvalue weighted by atomic mass is 10.1. The van der Waals surface area contributed by atoms with Crippen LogP contribution in [0, 0.1) is 0 Å². The van der Waals surface area contributed by atoms with Crippen molar-refractivity contribution in [3.8, 4) is 5.75 Å². The molecule has 2 amide bonds. The van der Waals surface area contributed by atoms with E-state index in [4.69, 9.17) is 27.9 Å². The first-order valence-electron chi connectivity index (χ1n) is 11.0. The predicted octanol–water partition coefficient (Wildman–Crippen LogP) is 5.86. The third kappa shape index (κ3) is 6.62. The van der Waals surface area contributed by atoms with Crippen molar-refractivity contribution < 1.29 is 14.3 Å². The largest absolute Gasteiger partial charge is 0.483 e. The topological polar surface area (TPSA) is 58.6 Å². The molecule has 0 bridgehead atoms. The number of rotatable bonds is 10. The molecule has 3 aromatic rings. The van der Waals surface area contributed by atoms with Gasteiger partial charge in [-0.05, 0) is 42.5 Å². The van der Waals surface area contributed by atoms with Gasteiger partial charge in [0.25, 0.3) is 5.91 Å². The minimum absolute atomic E-state index is 0.193. The third-order valence-corrected chi connectivity index (χ3v) is 6.17. The van der Waals surface area contributed by atoms with Crippen LogP contribution in [0.25, 0.3) is 10.8 Å². The Labute approximate surface area is 204 Å². The average Bonchev–Trinajstić information content (AvgIpc) is 2.82. The molecule has 0 fully saturated rings. The molecule has 0 aliphatic heterocycles. The molecule has 1 atom stereocenters. The van der Waals surface area contributed by atoms with Crippen LogP contribution in [0.2, 0.25) is 10.0 Å². The van der Waals surface area contributed by atoms with E-state index in [0.29, 0.717) is 22.3 Å². The molecule has 7 heteroatoms. The van der Waals surface area contributed by atoms with Crippen LogP contribution in [-0.2, 0) is 16.1 Å². The third-order valence-electron chi connectivity index (χ3n) is 5.43. The Bertz CT molecular complexity index is 1110. The number of benzene rings is 3. The molecule has 174 valence electrons. The number of halogens is 2. The second kappa shape index (κ2) is 11.9. The Hall–Kier alpha value is -2.76. The maximum atomic E-state index is 13.2. The van der Waals surface area contributed by atoms with E-state index < -0.39 is 6.04 Å². The number of carbonyl (C=O) groups is 2. The second-order valence-corrected chi connectivity index (χ2v) is 8.67. The van der Waals surface area contributed by atoms with Crippen molar-refractivity contribution in [2.24, 2.45) is 0 Å². The maximum Gasteiger partial charge on any atom is 0.261 e. The highest BCUT2D eigenvalue weighted by Gasteiger charge is 2.26. The summed E-state index contributed by atoms with van der Waals surface area (Å²) in [5.74, 6) is 0.116. The Morgan fingerprint density at radius 2 is 1.79 bits per heavy atom. The number of nitrogens with one attached hydrogen (secondary N) is 1. The molecular weight excluding hydrogens is 459 g/mol. The summed E-state index contributed by atoms with van der Waals surface area (Å²) in [5, 5.41) is 5.68. The van der Waals surface area contributed by atoms with E-state index in [9.17, 15) is 9.59 Å². The molecule has 0 aliphatic carbocycles. The summed E-state index contributed by atoms with van der Waals surface area (Å²) in [5.41, 5.74) is 0.774. The van der Waals surface area contributed by atoms with Crippen molar-refractivity contribution in [1.82, 2.24) is 10.2 Å². The zero-order valence-electron chi connectivity index (χ0n) is 18.8. The first kappa shape index (κ1) is 24.9. The van der Waals surface area contributed by atoms with E-state index >= 15 is 0 Å². The smallest absolute Gasteiger partial charge is 0.261 e. The number of amides is 2. The number of carbonyl (C=O) groups excluding carboxylic acids is 2. The number of hydrogen-bond acceptors (Lipinski definition) is 3. The van der Waals surface area contributed by atoms with Gasteiger partial charge in [0, 0.05) is 18.5 Å². The minimum Gasteiger partial charge on any atom is -0.483 e. The van der Waals surface area contributed by atoms with Gasteiger partial charge in [0.15, 0.2) is 6.61 Å². The molecule has 0 aliphatic rings. The van der Waals surface area contributed by atoms with Gasteiger partial charge in [-0.3, -0.25) is 9.59 Å². The van der Waals surface area contributed by atoms with E-state index in [2.05, 4.69) is 12.2 Å². The van der Waals surface area contributed by atoms with E-state index in [1.807, 2.05) is 42.5 Å². The summed E-state index contributed by atoms with van der Waals surface area (Å²) in [6, 6.07) is 18.0. The fourth-order valence-electron chi connectivity index (χ4n) is 3.50. The highest BCUT2D eigenvalue weighted by atomic mass is 35.5. The van der Waals surface area contributed by atoms with Crippen LogP contribution in [0.1, 0.15) is 32.3 Å². The highest BCUT2D eigenvalue weighted by molar-refractivity contribution is 6.42. The van der Waals surface area contributed by atoms with Gasteiger partial charge in [0.2, 0.25) is 5.91 Å². The fraction of sp³-hybridized carbons (Fsp3) is 0.308. The number of unbranched alkanes of at least 4 members (excludes halogenated alkanes) is 1. The SMILES string of the molecule is CCCCNC(=O)[C@H](C)N(Cc1ccc(Cl)c(Cl)c1)C(=O)COc1cccc2ccccc12. The number of ether oxygens (including phenoxy) is 1. The summed E-state index contributed by atoms with van der Waals surface area (Å²) >= 11 is 12.2. The molecule has 5 nitrogen and oxygen atoms in total. The van der Waals surface area contributed by atoms with Crippen LogP contribution in [0.5, 0.6) is 5.75 Å². The second-order valence-electron chi connectivity index (χ2n) is 7.86. The van der Waals surface area contributed by atoms with Crippen molar-refractivity contribution in [2.75, 3.05) is 13.2 Å². The highest BCUT2D eigenvalue weighted by Crippen LogP contribution is 2.26. The molecule has 1 N–H and O–H groups in total. The quantitative estimate of drug-likeness (QED) is 0.365. The summed E-state index contributed by atoms with van der Waals surface area (Å²) in [6.07, 6.45) is 1.85. The molecule has 0 spiro atoms. The van der Waals surface area contributed by atoms with Crippen molar-refractivity contribution in [3.63, 3.8) is 0 Å². The van der Waals surface area contributed by atoms with Gasteiger partial charge in [-0.1, -0.05) is 79.0 Å². The van der Waals surface area contributed by atoms with Crippen LogP contribution in [0.15, 0.2) is 60.7 Å². The summed E-state index contributed by atoms with van der Waals surface area (Å²) in [4.78, 5) is 27.5. The number of hydrogen-bond donors (Lipinski definition) is 1. The van der Waals surface area contributed by atoms with Gasteiger partial charge in [-0.25, -0.2) is 0 Å². The van der Waals surface area contributed by atoms with Gasteiger partial charge in [0.05, 0.1) is 10.0 Å². The van der Waals surface area contributed by atoms with E-state index in [1.54, 1.807) is 25.1 Å². The lowest BCUT2D eigenvalue weighted by molar-refractivity contribution is -0.142. The van der Waals surface area contributed by atoms with Crippen molar-refractivity contribution in [3.05, 3.63) is 76.3 Å². The predicted molar refractivity (Wildman–Crippen MR) is 134 cm³/mol. The molecule has 0 radical (unpaired) electrons. The lowest BCUT2D eigenvalue weighted by Gasteiger charge is -2.29. The Balaban J connectivity index is 1.78. The summed E-state index contributed by atoms with van der Waals surface area (Å²) in [6.45, 7) is 4.36. The Kier molecular flexibility index (Phi) is 8.98. The van der Waals surface area contributed by atoms with Crippen LogP contribution < -0.4 is 10.1 Å². The standard InChI is InChI=1S/C26H28Cl2N2O3/c1-3-4-14-29-26(32)18(2)30(16-19-12-13-22(27)23(28)15-19)25(31)17-33-24-11-7-9-20-8-5-6-10-21(20)24/h5-13,15,18H,3-4,14,16-17H2,1-2H3,(H,29,32)/t18-/m0/s1. The molecule has 0 unspecified atom stereocenters. The minimum atomic E-state index is -0.681. The van der Waals surface area contributed by atoms with Crippen molar-refractivity contribution in [2.45, 2.75) is 39.3 Å². The molecule has 33 heavy (non-hydrogen) atoms. The number of fused-ring (bicyclic) bond motifs is 1. The zero-order valence-corrected chi connectivity index (χ0v) is 20.3. The fourth-order valence-corrected chi connectivity index (χ4v) is 3.82. The monoisotopic (exact) mass is 486 g/mol. The molecule has 3 rings (SSSR count). The van der Waals surface area contributed by atoms with Crippen LogP contribution >= 0.6 is 23.2 Å². The molecular formula is C26H28Cl2N2O3. The molecule has 0 aromatic heterocycles. The van der Waals surface area contributed by atoms with Gasteiger partial charge >= 0.3 is 0 Å². The molecule has 0 saturated carbocycles.